The zero-order valence-corrected chi connectivity index (χ0v) is 23.8. The average molecular weight is 601 g/mol. The first kappa shape index (κ1) is 29.7. The van der Waals surface area contributed by atoms with Gasteiger partial charge in [0.15, 0.2) is 10.8 Å². The summed E-state index contributed by atoms with van der Waals surface area (Å²) >= 11 is 2.38. The number of allylic oxidation sites excluding steroid dienone is 1. The molecule has 216 valence electrons. The van der Waals surface area contributed by atoms with E-state index in [4.69, 9.17) is 15.2 Å². The lowest BCUT2D eigenvalue weighted by Crippen LogP contribution is -2.71. The van der Waals surface area contributed by atoms with E-state index in [0.29, 0.717) is 17.7 Å². The third-order valence-electron chi connectivity index (χ3n) is 6.02. The van der Waals surface area contributed by atoms with Gasteiger partial charge in [0.05, 0.1) is 0 Å². The number of nitrogens with zero attached hydrogens (tertiary/aromatic N) is 4. The quantitative estimate of drug-likeness (QED) is 0.0858. The maximum Gasteiger partial charge on any atom is 0.358 e. The van der Waals surface area contributed by atoms with Crippen molar-refractivity contribution in [2.45, 2.75) is 50.8 Å². The molecule has 0 spiro atoms. The zero-order chi connectivity index (χ0) is 29.5. The van der Waals surface area contributed by atoms with Crippen LogP contribution in [0.1, 0.15) is 44.4 Å². The summed E-state index contributed by atoms with van der Waals surface area (Å²) in [6.45, 7) is 3.36. The fourth-order valence-electron chi connectivity index (χ4n) is 4.05. The molecule has 2 aromatic rings. The number of nitrogen functional groups attached to an aromatic ring is 1. The molecule has 0 bridgehead atoms. The Bertz CT molecular complexity index is 1410. The number of nitrogens with two attached hydrogens (primary N) is 1. The molecule has 2 aliphatic heterocycles. The van der Waals surface area contributed by atoms with Gasteiger partial charge in [0.25, 0.3) is 11.8 Å². The Labute approximate surface area is 243 Å². The number of fused-ring (bicyclic) bond motifs is 1. The van der Waals surface area contributed by atoms with Crippen molar-refractivity contribution >= 4 is 63.8 Å². The van der Waals surface area contributed by atoms with E-state index in [-0.39, 0.29) is 22.9 Å². The highest BCUT2D eigenvalue weighted by atomic mass is 32.2. The van der Waals surface area contributed by atoms with Gasteiger partial charge in [-0.3, -0.25) is 24.3 Å². The molecule has 2 aliphatic rings. The number of pyridine rings is 1. The third kappa shape index (κ3) is 6.92. The summed E-state index contributed by atoms with van der Waals surface area (Å²) in [6, 6.07) is 2.57. The lowest BCUT2D eigenvalue weighted by atomic mass is 10.0. The molecular weight excluding hydrogens is 572 g/mol. The van der Waals surface area contributed by atoms with Gasteiger partial charge in [0, 0.05) is 36.9 Å². The minimum absolute atomic E-state index is 0.0239. The largest absolute Gasteiger partial charge is 0.425 e. The smallest absolute Gasteiger partial charge is 0.358 e. The Balaban J connectivity index is 1.54. The van der Waals surface area contributed by atoms with Crippen LogP contribution >= 0.6 is 23.1 Å². The van der Waals surface area contributed by atoms with Gasteiger partial charge < -0.3 is 25.7 Å². The molecule has 0 aliphatic carbocycles. The van der Waals surface area contributed by atoms with E-state index in [1.807, 2.05) is 13.0 Å². The van der Waals surface area contributed by atoms with Gasteiger partial charge in [-0.2, -0.15) is 0 Å². The van der Waals surface area contributed by atoms with Crippen molar-refractivity contribution in [2.75, 3.05) is 11.5 Å². The molecule has 2 aromatic heterocycles. The van der Waals surface area contributed by atoms with Crippen LogP contribution in [-0.2, 0) is 28.7 Å². The Morgan fingerprint density at radius 1 is 1.34 bits per heavy atom. The molecule has 15 heteroatoms. The maximum absolute atomic E-state index is 13.4. The lowest BCUT2D eigenvalue weighted by molar-refractivity contribution is -0.184. The number of aromatic nitrogens is 2. The van der Waals surface area contributed by atoms with Crippen molar-refractivity contribution in [3.05, 3.63) is 58.5 Å². The van der Waals surface area contributed by atoms with Crippen molar-refractivity contribution in [1.29, 1.82) is 0 Å². The zero-order valence-electron chi connectivity index (χ0n) is 22.2. The first-order valence-electron chi connectivity index (χ1n) is 12.6. The summed E-state index contributed by atoms with van der Waals surface area (Å²) in [6.07, 6.45) is 7.17. The van der Waals surface area contributed by atoms with E-state index in [0.717, 1.165) is 23.3 Å². The topological polar surface area (TPSA) is 186 Å². The fraction of sp³-hybridized carbons (Fsp3) is 0.346. The number of esters is 2. The van der Waals surface area contributed by atoms with Crippen LogP contribution in [0.25, 0.3) is 6.08 Å². The molecular formula is C26H28N6O7S2. The molecule has 1 fully saturated rings. The van der Waals surface area contributed by atoms with Crippen LogP contribution in [0.5, 0.6) is 0 Å². The van der Waals surface area contributed by atoms with E-state index in [1.165, 1.54) is 29.0 Å². The number of nitrogens with one attached hydrogen (secondary N) is 1. The van der Waals surface area contributed by atoms with Gasteiger partial charge >= 0.3 is 11.9 Å². The highest BCUT2D eigenvalue weighted by Gasteiger charge is 2.54. The minimum Gasteiger partial charge on any atom is -0.425 e. The van der Waals surface area contributed by atoms with Gasteiger partial charge in [0.2, 0.25) is 6.29 Å². The molecule has 4 heterocycles. The fourth-order valence-corrected chi connectivity index (χ4v) is 5.91. The second-order valence-corrected chi connectivity index (χ2v) is 10.9. The van der Waals surface area contributed by atoms with Gasteiger partial charge in [-0.05, 0) is 23.6 Å². The molecule has 0 aromatic carbocycles. The van der Waals surface area contributed by atoms with Crippen LogP contribution in [0.15, 0.2) is 52.4 Å². The number of oxime groups is 1. The van der Waals surface area contributed by atoms with Crippen LogP contribution < -0.4 is 11.1 Å². The molecule has 0 saturated carbocycles. The third-order valence-corrected chi connectivity index (χ3v) is 8.00. The monoisotopic (exact) mass is 600 g/mol. The molecule has 2 amide bonds. The number of rotatable bonds is 11. The number of thioether (sulfide) groups is 1. The van der Waals surface area contributed by atoms with Crippen LogP contribution in [0.2, 0.25) is 0 Å². The van der Waals surface area contributed by atoms with Crippen molar-refractivity contribution in [1.82, 2.24) is 20.2 Å². The predicted molar refractivity (Wildman–Crippen MR) is 151 cm³/mol. The van der Waals surface area contributed by atoms with Gasteiger partial charge in [-0.15, -0.1) is 23.1 Å². The normalized spacial score (nSPS) is 19.4. The van der Waals surface area contributed by atoms with E-state index in [9.17, 15) is 24.4 Å². The lowest BCUT2D eigenvalue weighted by Gasteiger charge is -2.49. The Hall–Kier alpha value is -4.24. The summed E-state index contributed by atoms with van der Waals surface area (Å²) in [5, 5.41) is 15.9. The number of β-lactam (4-membered cyclic amide) rings is 1. The summed E-state index contributed by atoms with van der Waals surface area (Å²) in [4.78, 5) is 60.8. The molecule has 1 saturated heterocycles. The SMILES string of the molecule is CCCCC(=O)OC(C)OC(=O)C1=C(/C=C\c2cccnc2)CS[C@@H]2[C@H](NC(=O)/C(=N\O)c3csc(N)n3)C(=O)N12. The second-order valence-electron chi connectivity index (χ2n) is 8.94. The molecule has 41 heavy (non-hydrogen) atoms. The van der Waals surface area contributed by atoms with Crippen molar-refractivity contribution < 1.29 is 33.9 Å². The molecule has 4 rings (SSSR count). The highest BCUT2D eigenvalue weighted by molar-refractivity contribution is 8.00. The maximum atomic E-state index is 13.4. The van der Waals surface area contributed by atoms with E-state index < -0.39 is 47.2 Å². The van der Waals surface area contributed by atoms with E-state index in [2.05, 4.69) is 20.4 Å². The molecule has 3 atom stereocenters. The first-order chi connectivity index (χ1) is 19.7. The van der Waals surface area contributed by atoms with Crippen molar-refractivity contribution in [3.63, 3.8) is 0 Å². The number of carbonyl (C=O) groups excluding carboxylic acids is 4. The Kier molecular flexibility index (Phi) is 9.73. The highest BCUT2D eigenvalue weighted by Crippen LogP contribution is 2.41. The van der Waals surface area contributed by atoms with Gasteiger partial charge in [-0.25, -0.2) is 9.78 Å². The van der Waals surface area contributed by atoms with E-state index >= 15 is 0 Å². The number of amides is 2. The molecule has 0 radical (unpaired) electrons. The number of hydrogen-bond acceptors (Lipinski definition) is 13. The standard InChI is InChI=1S/C26H28N6O7S2/c1-3-4-7-18(33)38-14(2)39-25(36)21-16(9-8-15-6-5-10-28-11-15)12-40-24-20(23(35)32(21)24)30-22(34)19(31-37)17-13-41-26(27)29-17/h5-6,8-11,13-14,20,24,37H,3-4,7,12H2,1-2H3,(H2,27,29)(H,30,34)/b9-8-,31-19-/t14?,20-,24-/m1/s1. The van der Waals surface area contributed by atoms with Gasteiger partial charge in [0.1, 0.15) is 22.8 Å². The number of thiazole rings is 1. The van der Waals surface area contributed by atoms with E-state index in [1.54, 1.807) is 30.6 Å². The van der Waals surface area contributed by atoms with Crippen LogP contribution in [-0.4, -0.2) is 73.0 Å². The summed E-state index contributed by atoms with van der Waals surface area (Å²) in [5.74, 6) is -2.46. The Morgan fingerprint density at radius 2 is 2.15 bits per heavy atom. The number of carbonyl (C=O) groups is 4. The van der Waals surface area contributed by atoms with Crippen molar-refractivity contribution in [3.8, 4) is 0 Å². The predicted octanol–water partition coefficient (Wildman–Crippen LogP) is 2.29. The summed E-state index contributed by atoms with van der Waals surface area (Å²) < 4.78 is 10.6. The first-order valence-corrected chi connectivity index (χ1v) is 14.6. The average Bonchev–Trinajstić information content (AvgIpc) is 3.39. The van der Waals surface area contributed by atoms with Crippen LogP contribution in [0, 0.1) is 0 Å². The molecule has 13 nitrogen and oxygen atoms in total. The number of ether oxygens (including phenoxy) is 2. The van der Waals surface area contributed by atoms with Crippen LogP contribution in [0.4, 0.5) is 5.13 Å². The van der Waals surface area contributed by atoms with Crippen LogP contribution in [0.3, 0.4) is 0 Å². The van der Waals surface area contributed by atoms with Gasteiger partial charge in [-0.1, -0.05) is 36.7 Å². The van der Waals surface area contributed by atoms with Crippen molar-refractivity contribution in [2.24, 2.45) is 5.16 Å². The Morgan fingerprint density at radius 3 is 2.80 bits per heavy atom. The molecule has 1 unspecified atom stereocenters. The molecule has 4 N–H and O–H groups in total. The number of hydrogen-bond donors (Lipinski definition) is 3. The summed E-state index contributed by atoms with van der Waals surface area (Å²) in [5.41, 5.74) is 6.51. The second kappa shape index (κ2) is 13.4. The summed E-state index contributed by atoms with van der Waals surface area (Å²) in [7, 11) is 0. The minimum atomic E-state index is -1.18. The number of anilines is 1. The number of unbranched alkanes of at least 4 members (excludes halogenated alkanes) is 1.